The monoisotopic (exact) mass is 584 g/mol. The fourth-order valence-electron chi connectivity index (χ4n) is 3.59. The summed E-state index contributed by atoms with van der Waals surface area (Å²) in [5.74, 6) is -0.719. The van der Waals surface area contributed by atoms with Gasteiger partial charge in [-0.25, -0.2) is 9.59 Å². The third-order valence-electron chi connectivity index (χ3n) is 6.02. The Labute approximate surface area is 241 Å². The molecule has 1 rings (SSSR count). The van der Waals surface area contributed by atoms with Gasteiger partial charge >= 0.3 is 12.1 Å². The van der Waals surface area contributed by atoms with Crippen molar-refractivity contribution in [1.82, 2.24) is 16.0 Å². The van der Waals surface area contributed by atoms with Gasteiger partial charge in [-0.2, -0.15) is 12.6 Å². The number of alkyl carbamates (subject to hydrolysis) is 1. The summed E-state index contributed by atoms with van der Waals surface area (Å²) in [5.41, 5.74) is 16.7. The van der Waals surface area contributed by atoms with E-state index in [-0.39, 0.29) is 48.6 Å². The van der Waals surface area contributed by atoms with Gasteiger partial charge in [0.25, 0.3) is 0 Å². The highest BCUT2D eigenvalue weighted by atomic mass is 32.1. The third-order valence-corrected chi connectivity index (χ3v) is 6.24. The molecule has 0 heterocycles. The molecule has 0 aliphatic rings. The summed E-state index contributed by atoms with van der Waals surface area (Å²) < 4.78 is 16.5. The Hall–Kier alpha value is -3.07. The number of unbranched alkanes of at least 4 members (excludes halogenated alkanes) is 2. The molecular weight excluding hydrogens is 540 g/mol. The van der Waals surface area contributed by atoms with E-state index in [4.69, 9.17) is 31.4 Å². The van der Waals surface area contributed by atoms with E-state index in [1.54, 1.807) is 6.07 Å². The van der Waals surface area contributed by atoms with E-state index in [0.29, 0.717) is 30.7 Å². The van der Waals surface area contributed by atoms with Crippen LogP contribution in [0.3, 0.4) is 0 Å². The Bertz CT molecular complexity index is 965. The van der Waals surface area contributed by atoms with Crippen molar-refractivity contribution >= 4 is 36.5 Å². The molecule has 1 aromatic rings. The Morgan fingerprint density at radius 3 is 2.33 bits per heavy atom. The number of esters is 1. The number of thiol groups is 1. The summed E-state index contributed by atoms with van der Waals surface area (Å²) in [5, 5.41) is 7.67. The van der Waals surface area contributed by atoms with Gasteiger partial charge in [-0.3, -0.25) is 26.4 Å². The molecule has 0 saturated carbocycles. The lowest BCUT2D eigenvalue weighted by atomic mass is 9.99. The zero-order chi connectivity index (χ0) is 30.1. The summed E-state index contributed by atoms with van der Waals surface area (Å²) in [6.45, 7) is 4.27. The highest BCUT2D eigenvalue weighted by Crippen LogP contribution is 2.32. The molecule has 0 bridgehead atoms. The normalized spacial score (nSPS) is 13.1. The minimum Gasteiger partial charge on any atom is -0.493 e. The standard InChI is InChI=1S/C26H44N6O7S/c1-4-16(2)23(31-22(34)8-6-5-7-12-27)24(35)38-18-10-9-17(14-19(18)37-3)20(15-30-21(33)11-13-40)39-26(36)32-25(28)29/h9-10,14,16,20,23,25,40H,4-8,11-13,15,27-29H2,1-3H3,(H,30,33)(H,31,34)(H,32,36)/t16-,20?,23-/m0/s1. The van der Waals surface area contributed by atoms with Crippen LogP contribution >= 0.6 is 12.6 Å². The molecule has 0 saturated heterocycles. The molecule has 0 aliphatic heterocycles. The molecule has 9 N–H and O–H groups in total. The molecule has 40 heavy (non-hydrogen) atoms. The fourth-order valence-corrected chi connectivity index (χ4v) is 3.79. The maximum Gasteiger partial charge on any atom is 0.410 e. The van der Waals surface area contributed by atoms with Gasteiger partial charge in [-0.1, -0.05) is 32.8 Å². The van der Waals surface area contributed by atoms with Crippen LogP contribution in [0.25, 0.3) is 0 Å². The second kappa shape index (κ2) is 19.1. The summed E-state index contributed by atoms with van der Waals surface area (Å²) in [6.07, 6.45) is 0.440. The molecule has 3 amide bonds. The van der Waals surface area contributed by atoms with Crippen molar-refractivity contribution in [1.29, 1.82) is 0 Å². The van der Waals surface area contributed by atoms with Crippen LogP contribution in [0.1, 0.15) is 64.0 Å². The van der Waals surface area contributed by atoms with Gasteiger partial charge in [-0.15, -0.1) is 0 Å². The number of nitrogens with two attached hydrogens (primary N) is 3. The molecule has 3 atom stereocenters. The zero-order valence-corrected chi connectivity index (χ0v) is 24.3. The van der Waals surface area contributed by atoms with E-state index < -0.39 is 30.5 Å². The number of benzene rings is 1. The number of carbonyl (C=O) groups excluding carboxylic acids is 4. The van der Waals surface area contributed by atoms with Crippen molar-refractivity contribution in [3.8, 4) is 11.5 Å². The number of carbonyl (C=O) groups is 4. The van der Waals surface area contributed by atoms with Gasteiger partial charge in [0.15, 0.2) is 11.5 Å². The average Bonchev–Trinajstić information content (AvgIpc) is 2.91. The van der Waals surface area contributed by atoms with Gasteiger partial charge in [0.1, 0.15) is 18.4 Å². The highest BCUT2D eigenvalue weighted by molar-refractivity contribution is 7.80. The maximum atomic E-state index is 13.1. The van der Waals surface area contributed by atoms with Crippen molar-refractivity contribution in [2.24, 2.45) is 23.1 Å². The molecule has 13 nitrogen and oxygen atoms in total. The van der Waals surface area contributed by atoms with E-state index in [1.807, 2.05) is 13.8 Å². The lowest BCUT2D eigenvalue weighted by Crippen LogP contribution is -2.49. The smallest absolute Gasteiger partial charge is 0.410 e. The Morgan fingerprint density at radius 1 is 1.00 bits per heavy atom. The van der Waals surface area contributed by atoms with Crippen LogP contribution < -0.4 is 42.6 Å². The lowest BCUT2D eigenvalue weighted by molar-refractivity contribution is -0.141. The molecule has 0 aliphatic carbocycles. The molecule has 0 aromatic heterocycles. The minimum absolute atomic E-state index is 0.0600. The molecule has 14 heteroatoms. The first kappa shape index (κ1) is 35.0. The molecule has 0 fully saturated rings. The summed E-state index contributed by atoms with van der Waals surface area (Å²) in [6, 6.07) is 3.69. The Balaban J connectivity index is 3.10. The van der Waals surface area contributed by atoms with Gasteiger partial charge in [0, 0.05) is 12.8 Å². The quantitative estimate of drug-likeness (QED) is 0.0429. The molecule has 0 radical (unpaired) electrons. The first-order chi connectivity index (χ1) is 19.1. The number of hydrogen-bond donors (Lipinski definition) is 7. The van der Waals surface area contributed by atoms with Crippen molar-refractivity contribution in [3.05, 3.63) is 23.8 Å². The van der Waals surface area contributed by atoms with E-state index in [0.717, 1.165) is 12.8 Å². The van der Waals surface area contributed by atoms with Crippen molar-refractivity contribution in [2.45, 2.75) is 70.8 Å². The topological polar surface area (TPSA) is 210 Å². The van der Waals surface area contributed by atoms with Crippen molar-refractivity contribution in [2.75, 3.05) is 26.0 Å². The van der Waals surface area contributed by atoms with Crippen LogP contribution in [0.5, 0.6) is 11.5 Å². The van der Waals surface area contributed by atoms with Crippen LogP contribution in [-0.4, -0.2) is 62.2 Å². The molecular formula is C26H44N6O7S. The van der Waals surface area contributed by atoms with Gasteiger partial charge < -0.3 is 30.6 Å². The third kappa shape index (κ3) is 12.9. The van der Waals surface area contributed by atoms with Gasteiger partial charge in [0.05, 0.1) is 13.7 Å². The van der Waals surface area contributed by atoms with Crippen LogP contribution in [0.15, 0.2) is 18.2 Å². The number of nitrogens with one attached hydrogen (secondary N) is 3. The SMILES string of the molecule is CC[C@H](C)[C@H](NC(=O)CCCCCN)C(=O)Oc1ccc(C(CNC(=O)CCS)OC(=O)NC(N)N)cc1OC. The van der Waals surface area contributed by atoms with Gasteiger partial charge in [0.2, 0.25) is 11.8 Å². The first-order valence-electron chi connectivity index (χ1n) is 13.3. The lowest BCUT2D eigenvalue weighted by Gasteiger charge is -2.24. The van der Waals surface area contributed by atoms with Crippen LogP contribution in [0.4, 0.5) is 4.79 Å². The number of ether oxygens (including phenoxy) is 3. The summed E-state index contributed by atoms with van der Waals surface area (Å²) in [4.78, 5) is 49.7. The molecule has 226 valence electrons. The number of methoxy groups -OCH3 is 1. The molecule has 1 unspecified atom stereocenters. The van der Waals surface area contributed by atoms with Crippen molar-refractivity contribution in [3.63, 3.8) is 0 Å². The second-order valence-corrected chi connectivity index (χ2v) is 9.65. The van der Waals surface area contributed by atoms with Crippen LogP contribution in [-0.2, 0) is 19.1 Å². The van der Waals surface area contributed by atoms with E-state index in [1.165, 1.54) is 19.2 Å². The predicted octanol–water partition coefficient (Wildman–Crippen LogP) is 1.06. The van der Waals surface area contributed by atoms with Gasteiger partial charge in [-0.05, 0) is 48.8 Å². The summed E-state index contributed by atoms with van der Waals surface area (Å²) >= 11 is 4.04. The first-order valence-corrected chi connectivity index (χ1v) is 13.9. The number of amides is 3. The van der Waals surface area contributed by atoms with E-state index >= 15 is 0 Å². The number of hydrogen-bond acceptors (Lipinski definition) is 11. The molecule has 1 aromatic carbocycles. The second-order valence-electron chi connectivity index (χ2n) is 9.20. The Kier molecular flexibility index (Phi) is 16.7. The van der Waals surface area contributed by atoms with E-state index in [2.05, 4.69) is 28.6 Å². The zero-order valence-electron chi connectivity index (χ0n) is 23.4. The summed E-state index contributed by atoms with van der Waals surface area (Å²) in [7, 11) is 1.39. The average molecular weight is 585 g/mol. The fraction of sp³-hybridized carbons (Fsp3) is 0.615. The van der Waals surface area contributed by atoms with Crippen molar-refractivity contribution < 1.29 is 33.4 Å². The Morgan fingerprint density at radius 2 is 1.73 bits per heavy atom. The van der Waals surface area contributed by atoms with Crippen LogP contribution in [0, 0.1) is 5.92 Å². The van der Waals surface area contributed by atoms with E-state index in [9.17, 15) is 19.2 Å². The van der Waals surface area contributed by atoms with Crippen LogP contribution in [0.2, 0.25) is 0 Å². The predicted molar refractivity (Wildman–Crippen MR) is 154 cm³/mol. The number of rotatable bonds is 18. The molecule has 0 spiro atoms. The highest BCUT2D eigenvalue weighted by Gasteiger charge is 2.29. The minimum atomic E-state index is -1.15. The maximum absolute atomic E-state index is 13.1. The largest absolute Gasteiger partial charge is 0.493 e.